The Bertz CT molecular complexity index is 456. The Labute approximate surface area is 125 Å². The summed E-state index contributed by atoms with van der Waals surface area (Å²) in [6.45, 7) is 7.30. The average molecular weight is 300 g/mol. The second kappa shape index (κ2) is 6.42. The van der Waals surface area contributed by atoms with Crippen LogP contribution in [0.3, 0.4) is 0 Å². The first-order valence-corrected chi connectivity index (χ1v) is 7.64. The van der Waals surface area contributed by atoms with E-state index in [9.17, 15) is 9.50 Å². The van der Waals surface area contributed by atoms with Crippen LogP contribution in [-0.2, 0) is 6.42 Å². The molecule has 1 saturated heterocycles. The Morgan fingerprint density at radius 2 is 2.00 bits per heavy atom. The minimum Gasteiger partial charge on any atom is -0.389 e. The zero-order valence-corrected chi connectivity index (χ0v) is 13.0. The number of benzene rings is 1. The Morgan fingerprint density at radius 1 is 1.35 bits per heavy atom. The predicted octanol–water partition coefficient (Wildman–Crippen LogP) is 3.50. The van der Waals surface area contributed by atoms with Crippen LogP contribution in [0.5, 0.6) is 0 Å². The highest BCUT2D eigenvalue weighted by Gasteiger charge is 2.32. The number of aliphatic hydroxyl groups is 1. The van der Waals surface area contributed by atoms with Crippen molar-refractivity contribution < 1.29 is 9.50 Å². The van der Waals surface area contributed by atoms with Crippen molar-refractivity contribution in [2.45, 2.75) is 38.7 Å². The molecular formula is C16H23ClFNO. The van der Waals surface area contributed by atoms with Gasteiger partial charge in [-0.2, -0.15) is 0 Å². The SMILES string of the molecule is CC(C)CN1CCC(O)(Cc2ccc(Cl)c(F)c2)CC1. The van der Waals surface area contributed by atoms with Gasteiger partial charge in [-0.05, 0) is 36.5 Å². The molecule has 2 nitrogen and oxygen atoms in total. The van der Waals surface area contributed by atoms with Gasteiger partial charge in [-0.25, -0.2) is 4.39 Å². The lowest BCUT2D eigenvalue weighted by Gasteiger charge is -2.39. The molecule has 20 heavy (non-hydrogen) atoms. The number of nitrogens with zero attached hydrogens (tertiary/aromatic N) is 1. The first-order valence-electron chi connectivity index (χ1n) is 7.27. The molecule has 112 valence electrons. The van der Waals surface area contributed by atoms with Crippen molar-refractivity contribution in [1.82, 2.24) is 4.90 Å². The molecule has 2 rings (SSSR count). The summed E-state index contributed by atoms with van der Waals surface area (Å²) >= 11 is 5.68. The molecule has 1 N–H and O–H groups in total. The van der Waals surface area contributed by atoms with Crippen molar-refractivity contribution in [2.75, 3.05) is 19.6 Å². The molecule has 0 atom stereocenters. The monoisotopic (exact) mass is 299 g/mol. The lowest BCUT2D eigenvalue weighted by Crippen LogP contribution is -2.46. The molecule has 0 unspecified atom stereocenters. The van der Waals surface area contributed by atoms with Gasteiger partial charge in [-0.1, -0.05) is 31.5 Å². The van der Waals surface area contributed by atoms with E-state index in [0.717, 1.165) is 38.0 Å². The Kier molecular flexibility index (Phi) is 5.05. The lowest BCUT2D eigenvalue weighted by atomic mass is 9.85. The molecule has 0 amide bonds. The highest BCUT2D eigenvalue weighted by atomic mass is 35.5. The van der Waals surface area contributed by atoms with Gasteiger partial charge in [0.15, 0.2) is 0 Å². The summed E-state index contributed by atoms with van der Waals surface area (Å²) in [5.74, 6) is 0.233. The first-order chi connectivity index (χ1) is 9.38. The van der Waals surface area contributed by atoms with Crippen molar-refractivity contribution >= 4 is 11.6 Å². The van der Waals surface area contributed by atoms with Gasteiger partial charge >= 0.3 is 0 Å². The van der Waals surface area contributed by atoms with E-state index in [1.165, 1.54) is 6.07 Å². The number of halogens is 2. The smallest absolute Gasteiger partial charge is 0.142 e. The van der Waals surface area contributed by atoms with Gasteiger partial charge in [0.2, 0.25) is 0 Å². The third-order valence-corrected chi connectivity index (χ3v) is 4.23. The maximum atomic E-state index is 13.4. The van der Waals surface area contributed by atoms with E-state index in [-0.39, 0.29) is 5.02 Å². The van der Waals surface area contributed by atoms with Crippen LogP contribution in [-0.4, -0.2) is 35.2 Å². The van der Waals surface area contributed by atoms with Gasteiger partial charge in [0.25, 0.3) is 0 Å². The fourth-order valence-electron chi connectivity index (χ4n) is 2.87. The molecule has 1 heterocycles. The summed E-state index contributed by atoms with van der Waals surface area (Å²) in [5, 5.41) is 10.8. The number of likely N-dealkylation sites (tertiary alicyclic amines) is 1. The van der Waals surface area contributed by atoms with Gasteiger partial charge in [-0.15, -0.1) is 0 Å². The Balaban J connectivity index is 1.94. The van der Waals surface area contributed by atoms with Gasteiger partial charge in [0.1, 0.15) is 5.82 Å². The maximum absolute atomic E-state index is 13.4. The molecule has 0 bridgehead atoms. The van der Waals surface area contributed by atoms with Crippen LogP contribution in [0.2, 0.25) is 5.02 Å². The lowest BCUT2D eigenvalue weighted by molar-refractivity contribution is -0.0227. The van der Waals surface area contributed by atoms with Crippen molar-refractivity contribution in [3.8, 4) is 0 Å². The van der Waals surface area contributed by atoms with Crippen LogP contribution in [0.25, 0.3) is 0 Å². The second-order valence-electron chi connectivity index (χ2n) is 6.34. The van der Waals surface area contributed by atoms with E-state index in [2.05, 4.69) is 18.7 Å². The van der Waals surface area contributed by atoms with E-state index in [1.54, 1.807) is 12.1 Å². The van der Waals surface area contributed by atoms with Crippen LogP contribution < -0.4 is 0 Å². The quantitative estimate of drug-likeness (QED) is 0.920. The fraction of sp³-hybridized carbons (Fsp3) is 0.625. The van der Waals surface area contributed by atoms with Crippen molar-refractivity contribution in [2.24, 2.45) is 5.92 Å². The molecule has 0 aliphatic carbocycles. The summed E-state index contributed by atoms with van der Waals surface area (Å²) < 4.78 is 13.4. The van der Waals surface area contributed by atoms with E-state index >= 15 is 0 Å². The van der Waals surface area contributed by atoms with Crippen LogP contribution in [0.1, 0.15) is 32.3 Å². The molecular weight excluding hydrogens is 277 g/mol. The normalized spacial score (nSPS) is 19.5. The molecule has 1 aliphatic heterocycles. The number of hydrogen-bond acceptors (Lipinski definition) is 2. The third kappa shape index (κ3) is 4.18. The van der Waals surface area contributed by atoms with E-state index in [4.69, 9.17) is 11.6 Å². The van der Waals surface area contributed by atoms with E-state index < -0.39 is 11.4 Å². The maximum Gasteiger partial charge on any atom is 0.142 e. The van der Waals surface area contributed by atoms with E-state index in [1.807, 2.05) is 0 Å². The van der Waals surface area contributed by atoms with Crippen LogP contribution >= 0.6 is 11.6 Å². The standard InChI is InChI=1S/C16H23ClFNO/c1-12(2)11-19-7-5-16(20,6-8-19)10-13-3-4-14(17)15(18)9-13/h3-4,9,12,20H,5-8,10-11H2,1-2H3. The first kappa shape index (κ1) is 15.7. The zero-order chi connectivity index (χ0) is 14.8. The summed E-state index contributed by atoms with van der Waals surface area (Å²) in [4.78, 5) is 2.39. The molecule has 1 aromatic rings. The molecule has 1 aromatic carbocycles. The zero-order valence-electron chi connectivity index (χ0n) is 12.2. The van der Waals surface area contributed by atoms with Crippen molar-refractivity contribution in [1.29, 1.82) is 0 Å². The number of piperidine rings is 1. The molecule has 1 aliphatic rings. The largest absolute Gasteiger partial charge is 0.389 e. The highest BCUT2D eigenvalue weighted by Crippen LogP contribution is 2.28. The molecule has 0 spiro atoms. The minimum atomic E-state index is -0.715. The van der Waals surface area contributed by atoms with Crippen LogP contribution in [0.4, 0.5) is 4.39 Å². The molecule has 0 radical (unpaired) electrons. The Morgan fingerprint density at radius 3 is 2.55 bits per heavy atom. The van der Waals surface area contributed by atoms with Gasteiger partial charge in [-0.3, -0.25) is 0 Å². The van der Waals surface area contributed by atoms with Crippen LogP contribution in [0, 0.1) is 11.7 Å². The minimum absolute atomic E-state index is 0.132. The summed E-state index contributed by atoms with van der Waals surface area (Å²) in [6.07, 6.45) is 1.98. The van der Waals surface area contributed by atoms with Gasteiger partial charge in [0.05, 0.1) is 10.6 Å². The van der Waals surface area contributed by atoms with Crippen LogP contribution in [0.15, 0.2) is 18.2 Å². The third-order valence-electron chi connectivity index (χ3n) is 3.93. The van der Waals surface area contributed by atoms with Gasteiger partial charge < -0.3 is 10.0 Å². The topological polar surface area (TPSA) is 23.5 Å². The van der Waals surface area contributed by atoms with E-state index in [0.29, 0.717) is 12.3 Å². The summed E-state index contributed by atoms with van der Waals surface area (Å²) in [5.41, 5.74) is 0.0972. The molecule has 0 saturated carbocycles. The molecule has 4 heteroatoms. The molecule has 0 aromatic heterocycles. The number of rotatable bonds is 4. The average Bonchev–Trinajstić information content (AvgIpc) is 2.36. The molecule has 1 fully saturated rings. The predicted molar refractivity (Wildman–Crippen MR) is 80.6 cm³/mol. The summed E-state index contributed by atoms with van der Waals surface area (Å²) in [6, 6.07) is 4.79. The summed E-state index contributed by atoms with van der Waals surface area (Å²) in [7, 11) is 0. The van der Waals surface area contributed by atoms with Gasteiger partial charge in [0, 0.05) is 26.1 Å². The Hall–Kier alpha value is -0.640. The highest BCUT2D eigenvalue weighted by molar-refractivity contribution is 6.30. The fourth-order valence-corrected chi connectivity index (χ4v) is 2.99. The second-order valence-corrected chi connectivity index (χ2v) is 6.75. The number of hydrogen-bond donors (Lipinski definition) is 1. The van der Waals surface area contributed by atoms with Crippen molar-refractivity contribution in [3.63, 3.8) is 0 Å². The van der Waals surface area contributed by atoms with Crippen molar-refractivity contribution in [3.05, 3.63) is 34.6 Å².